The highest BCUT2D eigenvalue weighted by molar-refractivity contribution is 5.75. The van der Waals surface area contributed by atoms with Crippen molar-refractivity contribution in [2.24, 2.45) is 0 Å². The number of aryl methyl sites for hydroxylation is 1. The van der Waals surface area contributed by atoms with E-state index in [1.807, 2.05) is 19.9 Å². The van der Waals surface area contributed by atoms with Crippen LogP contribution in [-0.4, -0.2) is 26.7 Å². The number of aliphatic hydroxyl groups excluding tert-OH is 1. The van der Waals surface area contributed by atoms with E-state index in [9.17, 15) is 0 Å². The van der Waals surface area contributed by atoms with Gasteiger partial charge in [-0.3, -0.25) is 0 Å². The molecule has 0 spiro atoms. The molecule has 0 aliphatic carbocycles. The fourth-order valence-corrected chi connectivity index (χ4v) is 1.46. The van der Waals surface area contributed by atoms with E-state index >= 15 is 0 Å². The summed E-state index contributed by atoms with van der Waals surface area (Å²) in [5, 5.41) is 8.95. The van der Waals surface area contributed by atoms with Crippen molar-refractivity contribution in [2.45, 2.75) is 20.5 Å². The van der Waals surface area contributed by atoms with E-state index in [0.717, 1.165) is 11.1 Å². The molecule has 0 unspecified atom stereocenters. The zero-order valence-corrected chi connectivity index (χ0v) is 8.74. The second-order valence-corrected chi connectivity index (χ2v) is 3.25. The number of nitrogens with one attached hydrogen (secondary N) is 1. The average Bonchev–Trinajstić information content (AvgIpc) is 2.62. The Morgan fingerprint density at radius 1 is 1.47 bits per heavy atom. The van der Waals surface area contributed by atoms with Crippen LogP contribution in [0.25, 0.3) is 11.2 Å². The first-order valence-electron chi connectivity index (χ1n) is 4.84. The molecule has 5 nitrogen and oxygen atoms in total. The number of fused-ring (bicyclic) bond motifs is 1. The van der Waals surface area contributed by atoms with Crippen molar-refractivity contribution in [1.82, 2.24) is 15.0 Å². The molecule has 0 fully saturated rings. The fraction of sp³-hybridized carbons (Fsp3) is 0.400. The van der Waals surface area contributed by atoms with Crippen LogP contribution in [0.2, 0.25) is 0 Å². The Labute approximate surface area is 87.1 Å². The first kappa shape index (κ1) is 9.92. The summed E-state index contributed by atoms with van der Waals surface area (Å²) in [5.74, 6) is 1.09. The minimum Gasteiger partial charge on any atom is -0.478 e. The van der Waals surface area contributed by atoms with Crippen LogP contribution in [0.3, 0.4) is 0 Å². The monoisotopic (exact) mass is 207 g/mol. The highest BCUT2D eigenvalue weighted by Gasteiger charge is 2.08. The van der Waals surface area contributed by atoms with Gasteiger partial charge in [0.1, 0.15) is 12.4 Å². The van der Waals surface area contributed by atoms with Gasteiger partial charge in [-0.25, -0.2) is 4.98 Å². The molecule has 80 valence electrons. The maximum absolute atomic E-state index is 8.95. The SMILES string of the molecule is CCOc1cc(C)c2[nH]c(CO)nc2n1. The molecule has 0 bridgehead atoms. The Morgan fingerprint density at radius 2 is 2.27 bits per heavy atom. The second-order valence-electron chi connectivity index (χ2n) is 3.25. The largest absolute Gasteiger partial charge is 0.478 e. The van der Waals surface area contributed by atoms with Crippen LogP contribution in [0.5, 0.6) is 5.88 Å². The van der Waals surface area contributed by atoms with Crippen LogP contribution in [0.4, 0.5) is 0 Å². The molecule has 0 atom stereocenters. The number of nitrogens with zero attached hydrogens (tertiary/aromatic N) is 2. The van der Waals surface area contributed by atoms with Crippen molar-refractivity contribution in [2.75, 3.05) is 6.61 Å². The Hall–Kier alpha value is -1.62. The normalized spacial score (nSPS) is 10.9. The fourth-order valence-electron chi connectivity index (χ4n) is 1.46. The van der Waals surface area contributed by atoms with E-state index in [1.54, 1.807) is 0 Å². The molecule has 0 aliphatic rings. The molecule has 0 amide bonds. The van der Waals surface area contributed by atoms with Gasteiger partial charge in [-0.2, -0.15) is 4.98 Å². The lowest BCUT2D eigenvalue weighted by atomic mass is 10.3. The van der Waals surface area contributed by atoms with Crippen LogP contribution in [0.1, 0.15) is 18.3 Å². The molecule has 2 aromatic heterocycles. The molecule has 5 heteroatoms. The van der Waals surface area contributed by atoms with Crippen molar-refractivity contribution < 1.29 is 9.84 Å². The molecule has 0 aromatic carbocycles. The summed E-state index contributed by atoms with van der Waals surface area (Å²) in [6, 6.07) is 1.85. The molecule has 0 saturated carbocycles. The number of ether oxygens (including phenoxy) is 1. The summed E-state index contributed by atoms with van der Waals surface area (Å²) >= 11 is 0. The molecular formula is C10H13N3O2. The third-order valence-electron chi connectivity index (χ3n) is 2.13. The summed E-state index contributed by atoms with van der Waals surface area (Å²) in [6.07, 6.45) is 0. The molecule has 2 N–H and O–H groups in total. The number of imidazole rings is 1. The van der Waals surface area contributed by atoms with Gasteiger partial charge in [0.2, 0.25) is 5.88 Å². The molecule has 2 heterocycles. The van der Waals surface area contributed by atoms with E-state index in [1.165, 1.54) is 0 Å². The van der Waals surface area contributed by atoms with Crippen LogP contribution >= 0.6 is 0 Å². The zero-order chi connectivity index (χ0) is 10.8. The predicted octanol–water partition coefficient (Wildman–Crippen LogP) is 1.16. The van der Waals surface area contributed by atoms with Gasteiger partial charge < -0.3 is 14.8 Å². The molecule has 2 rings (SSSR count). The van der Waals surface area contributed by atoms with E-state index in [0.29, 0.717) is 24.0 Å². The number of aromatic amines is 1. The summed E-state index contributed by atoms with van der Waals surface area (Å²) < 4.78 is 5.31. The molecular weight excluding hydrogens is 194 g/mol. The molecule has 0 aliphatic heterocycles. The molecule has 2 aromatic rings. The number of hydrogen-bond donors (Lipinski definition) is 2. The van der Waals surface area contributed by atoms with Gasteiger partial charge in [0, 0.05) is 6.07 Å². The first-order valence-corrected chi connectivity index (χ1v) is 4.84. The lowest BCUT2D eigenvalue weighted by molar-refractivity contribution is 0.273. The summed E-state index contributed by atoms with van der Waals surface area (Å²) in [5.41, 5.74) is 2.45. The van der Waals surface area contributed by atoms with Crippen molar-refractivity contribution in [3.63, 3.8) is 0 Å². The van der Waals surface area contributed by atoms with Gasteiger partial charge in [0.05, 0.1) is 12.1 Å². The van der Waals surface area contributed by atoms with Gasteiger partial charge in [0.15, 0.2) is 5.65 Å². The maximum atomic E-state index is 8.95. The summed E-state index contributed by atoms with van der Waals surface area (Å²) in [6.45, 7) is 4.33. The quantitative estimate of drug-likeness (QED) is 0.792. The van der Waals surface area contributed by atoms with Crippen LogP contribution in [0, 0.1) is 6.92 Å². The highest BCUT2D eigenvalue weighted by atomic mass is 16.5. The van der Waals surface area contributed by atoms with Crippen molar-refractivity contribution in [3.8, 4) is 5.88 Å². The second kappa shape index (κ2) is 3.86. The Balaban J connectivity index is 2.54. The zero-order valence-electron chi connectivity index (χ0n) is 8.74. The van der Waals surface area contributed by atoms with E-state index < -0.39 is 0 Å². The number of hydrogen-bond acceptors (Lipinski definition) is 4. The van der Waals surface area contributed by atoms with Gasteiger partial charge in [-0.05, 0) is 19.4 Å². The van der Waals surface area contributed by atoms with Crippen molar-refractivity contribution in [3.05, 3.63) is 17.5 Å². The average molecular weight is 207 g/mol. The highest BCUT2D eigenvalue weighted by Crippen LogP contribution is 2.19. The van der Waals surface area contributed by atoms with Crippen molar-refractivity contribution in [1.29, 1.82) is 0 Å². The molecule has 15 heavy (non-hydrogen) atoms. The first-order chi connectivity index (χ1) is 7.24. The Kier molecular flexibility index (Phi) is 2.55. The number of aliphatic hydroxyl groups is 1. The smallest absolute Gasteiger partial charge is 0.215 e. The van der Waals surface area contributed by atoms with Crippen LogP contribution < -0.4 is 4.74 Å². The van der Waals surface area contributed by atoms with Gasteiger partial charge in [-0.15, -0.1) is 0 Å². The van der Waals surface area contributed by atoms with Gasteiger partial charge in [-0.1, -0.05) is 0 Å². The third-order valence-corrected chi connectivity index (χ3v) is 2.13. The van der Waals surface area contributed by atoms with Gasteiger partial charge >= 0.3 is 0 Å². The maximum Gasteiger partial charge on any atom is 0.215 e. The van der Waals surface area contributed by atoms with Gasteiger partial charge in [0.25, 0.3) is 0 Å². The number of pyridine rings is 1. The number of H-pyrrole nitrogens is 1. The Bertz CT molecular complexity index is 479. The van der Waals surface area contributed by atoms with E-state index in [2.05, 4.69) is 15.0 Å². The van der Waals surface area contributed by atoms with E-state index in [4.69, 9.17) is 9.84 Å². The lowest BCUT2D eigenvalue weighted by Crippen LogP contribution is -1.95. The summed E-state index contributed by atoms with van der Waals surface area (Å²) in [4.78, 5) is 11.4. The lowest BCUT2D eigenvalue weighted by Gasteiger charge is -2.02. The third kappa shape index (κ3) is 1.78. The summed E-state index contributed by atoms with van der Waals surface area (Å²) in [7, 11) is 0. The number of aromatic nitrogens is 3. The predicted molar refractivity (Wildman–Crippen MR) is 55.7 cm³/mol. The molecule has 0 radical (unpaired) electrons. The van der Waals surface area contributed by atoms with Crippen LogP contribution in [-0.2, 0) is 6.61 Å². The minimum atomic E-state index is -0.111. The van der Waals surface area contributed by atoms with E-state index in [-0.39, 0.29) is 6.61 Å². The standard InChI is InChI=1S/C10H13N3O2/c1-3-15-8-4-6(2)9-10(13-8)12-7(5-14)11-9/h4,14H,3,5H2,1-2H3,(H,11,12,13). The van der Waals surface area contributed by atoms with Crippen molar-refractivity contribution >= 4 is 11.2 Å². The number of rotatable bonds is 3. The Morgan fingerprint density at radius 3 is 2.93 bits per heavy atom. The molecule has 0 saturated heterocycles. The topological polar surface area (TPSA) is 71.0 Å². The minimum absolute atomic E-state index is 0.111. The van der Waals surface area contributed by atoms with Crippen LogP contribution in [0.15, 0.2) is 6.07 Å².